The average Bonchev–Trinajstić information content (AvgIpc) is 2.60. The standard InChI is InChI=1S/C19H26N2O3/c1-13-8-9-16(12-14(13)2)17(22)10-11-18(23)20-21-19(24)15-6-4-3-5-7-15/h8-9,12,15H,3-7,10-11H2,1-2H3,(H,20,23)(H,21,24). The summed E-state index contributed by atoms with van der Waals surface area (Å²) >= 11 is 0. The summed E-state index contributed by atoms with van der Waals surface area (Å²) in [5, 5.41) is 0. The number of aryl methyl sites for hydroxylation is 2. The van der Waals surface area contributed by atoms with E-state index in [-0.39, 0.29) is 36.4 Å². The number of nitrogens with one attached hydrogen (secondary N) is 2. The molecule has 1 saturated carbocycles. The van der Waals surface area contributed by atoms with Crippen LogP contribution in [-0.2, 0) is 9.59 Å². The van der Waals surface area contributed by atoms with E-state index in [9.17, 15) is 14.4 Å². The molecule has 0 aromatic heterocycles. The molecule has 130 valence electrons. The number of Topliss-reactive ketones (excluding diaryl/α,β-unsaturated/α-hetero) is 1. The number of rotatable bonds is 5. The maximum atomic E-state index is 12.1. The molecule has 1 aromatic carbocycles. The monoisotopic (exact) mass is 330 g/mol. The Bertz CT molecular complexity index is 619. The van der Waals surface area contributed by atoms with Gasteiger partial charge in [0.15, 0.2) is 5.78 Å². The number of hydrazine groups is 1. The number of ketones is 1. The highest BCUT2D eigenvalue weighted by molar-refractivity contribution is 5.98. The van der Waals surface area contributed by atoms with Crippen LogP contribution in [0.1, 0.15) is 66.4 Å². The lowest BCUT2D eigenvalue weighted by Crippen LogP contribution is -2.45. The first-order chi connectivity index (χ1) is 11.5. The lowest BCUT2D eigenvalue weighted by atomic mass is 9.89. The summed E-state index contributed by atoms with van der Waals surface area (Å²) in [5.74, 6) is -0.525. The quantitative estimate of drug-likeness (QED) is 0.644. The van der Waals surface area contributed by atoms with Gasteiger partial charge >= 0.3 is 0 Å². The van der Waals surface area contributed by atoms with Gasteiger partial charge in [-0.2, -0.15) is 0 Å². The second-order valence-electron chi connectivity index (χ2n) is 6.59. The SMILES string of the molecule is Cc1ccc(C(=O)CCC(=O)NNC(=O)C2CCCCC2)cc1C. The molecule has 5 heteroatoms. The molecule has 1 aliphatic rings. The molecule has 1 fully saturated rings. The van der Waals surface area contributed by atoms with Gasteiger partial charge in [0.25, 0.3) is 0 Å². The molecule has 0 radical (unpaired) electrons. The Morgan fingerprint density at radius 3 is 2.33 bits per heavy atom. The number of amides is 2. The van der Waals surface area contributed by atoms with Crippen LogP contribution in [0, 0.1) is 19.8 Å². The molecular weight excluding hydrogens is 304 g/mol. The van der Waals surface area contributed by atoms with Crippen molar-refractivity contribution in [2.75, 3.05) is 0 Å². The van der Waals surface area contributed by atoms with Crippen LogP contribution in [0.2, 0.25) is 0 Å². The van der Waals surface area contributed by atoms with Gasteiger partial charge < -0.3 is 0 Å². The van der Waals surface area contributed by atoms with E-state index < -0.39 is 0 Å². The van der Waals surface area contributed by atoms with Gasteiger partial charge in [-0.3, -0.25) is 25.2 Å². The van der Waals surface area contributed by atoms with Gasteiger partial charge in [0.05, 0.1) is 0 Å². The van der Waals surface area contributed by atoms with E-state index in [1.54, 1.807) is 6.07 Å². The van der Waals surface area contributed by atoms with Crippen molar-refractivity contribution < 1.29 is 14.4 Å². The minimum absolute atomic E-state index is 0.00350. The lowest BCUT2D eigenvalue weighted by molar-refractivity contribution is -0.131. The number of hydrogen-bond acceptors (Lipinski definition) is 3. The molecule has 2 rings (SSSR count). The maximum Gasteiger partial charge on any atom is 0.241 e. The summed E-state index contributed by atoms with van der Waals surface area (Å²) in [6, 6.07) is 5.54. The fourth-order valence-electron chi connectivity index (χ4n) is 2.95. The summed E-state index contributed by atoms with van der Waals surface area (Å²) in [5.41, 5.74) is 7.72. The predicted molar refractivity (Wildman–Crippen MR) is 92.3 cm³/mol. The van der Waals surface area contributed by atoms with E-state index in [4.69, 9.17) is 0 Å². The van der Waals surface area contributed by atoms with Gasteiger partial charge in [-0.15, -0.1) is 0 Å². The van der Waals surface area contributed by atoms with E-state index in [1.165, 1.54) is 6.42 Å². The second-order valence-corrected chi connectivity index (χ2v) is 6.59. The Hall–Kier alpha value is -2.17. The summed E-state index contributed by atoms with van der Waals surface area (Å²) < 4.78 is 0. The Labute approximate surface area is 143 Å². The molecule has 2 N–H and O–H groups in total. The fourth-order valence-corrected chi connectivity index (χ4v) is 2.95. The summed E-state index contributed by atoms with van der Waals surface area (Å²) in [4.78, 5) is 35.9. The van der Waals surface area contributed by atoms with Gasteiger partial charge in [0.2, 0.25) is 11.8 Å². The average molecular weight is 330 g/mol. The number of carbonyl (C=O) groups excluding carboxylic acids is 3. The van der Waals surface area contributed by atoms with Crippen LogP contribution in [0.25, 0.3) is 0 Å². The molecule has 24 heavy (non-hydrogen) atoms. The van der Waals surface area contributed by atoms with E-state index in [1.807, 2.05) is 26.0 Å². The first-order valence-electron chi connectivity index (χ1n) is 8.66. The third-order valence-corrected chi connectivity index (χ3v) is 4.71. The highest BCUT2D eigenvalue weighted by atomic mass is 16.2. The molecule has 1 aromatic rings. The highest BCUT2D eigenvalue weighted by Gasteiger charge is 2.21. The van der Waals surface area contributed by atoms with Crippen molar-refractivity contribution in [2.45, 2.75) is 58.8 Å². The second kappa shape index (κ2) is 8.62. The minimum atomic E-state index is -0.337. The Kier molecular flexibility index (Phi) is 6.53. The lowest BCUT2D eigenvalue weighted by Gasteiger charge is -2.20. The molecule has 1 aliphatic carbocycles. The van der Waals surface area contributed by atoms with Crippen molar-refractivity contribution in [3.63, 3.8) is 0 Å². The predicted octanol–water partition coefficient (Wildman–Crippen LogP) is 2.99. The van der Waals surface area contributed by atoms with Gasteiger partial charge in [0.1, 0.15) is 0 Å². The van der Waals surface area contributed by atoms with Crippen molar-refractivity contribution in [2.24, 2.45) is 5.92 Å². The van der Waals surface area contributed by atoms with Gasteiger partial charge in [0, 0.05) is 24.3 Å². The molecule has 0 heterocycles. The third kappa shape index (κ3) is 5.18. The van der Waals surface area contributed by atoms with Crippen LogP contribution in [0.3, 0.4) is 0 Å². The smallest absolute Gasteiger partial charge is 0.241 e. The van der Waals surface area contributed by atoms with Crippen LogP contribution in [-0.4, -0.2) is 17.6 Å². The molecule has 0 atom stereocenters. The molecule has 5 nitrogen and oxygen atoms in total. The topological polar surface area (TPSA) is 75.3 Å². The number of hydrogen-bond donors (Lipinski definition) is 2. The zero-order chi connectivity index (χ0) is 17.5. The fraction of sp³-hybridized carbons (Fsp3) is 0.526. The normalized spacial score (nSPS) is 14.9. The molecule has 0 bridgehead atoms. The highest BCUT2D eigenvalue weighted by Crippen LogP contribution is 2.23. The van der Waals surface area contributed by atoms with Gasteiger partial charge in [-0.25, -0.2) is 0 Å². The summed E-state index contributed by atoms with van der Waals surface area (Å²) in [6.45, 7) is 3.95. The largest absolute Gasteiger partial charge is 0.294 e. The van der Waals surface area contributed by atoms with Crippen LogP contribution in [0.15, 0.2) is 18.2 Å². The van der Waals surface area contributed by atoms with E-state index in [0.717, 1.165) is 36.8 Å². The van der Waals surface area contributed by atoms with Crippen LogP contribution < -0.4 is 10.9 Å². The first kappa shape index (κ1) is 18.2. The van der Waals surface area contributed by atoms with Crippen molar-refractivity contribution in [1.29, 1.82) is 0 Å². The van der Waals surface area contributed by atoms with Crippen LogP contribution in [0.4, 0.5) is 0 Å². The Morgan fingerprint density at radius 2 is 1.67 bits per heavy atom. The number of carbonyl (C=O) groups is 3. The maximum absolute atomic E-state index is 12.1. The van der Waals surface area contributed by atoms with Crippen LogP contribution >= 0.6 is 0 Å². The zero-order valence-electron chi connectivity index (χ0n) is 14.5. The molecular formula is C19H26N2O3. The van der Waals surface area contributed by atoms with E-state index >= 15 is 0 Å². The van der Waals surface area contributed by atoms with Crippen molar-refractivity contribution >= 4 is 17.6 Å². The molecule has 0 saturated heterocycles. The van der Waals surface area contributed by atoms with Gasteiger partial charge in [-0.05, 0) is 43.9 Å². The van der Waals surface area contributed by atoms with Gasteiger partial charge in [-0.1, -0.05) is 31.4 Å². The molecule has 2 amide bonds. The molecule has 0 unspecified atom stereocenters. The summed E-state index contributed by atoms with van der Waals surface area (Å²) in [6.07, 6.45) is 5.27. The Morgan fingerprint density at radius 1 is 0.958 bits per heavy atom. The minimum Gasteiger partial charge on any atom is -0.294 e. The van der Waals surface area contributed by atoms with Crippen molar-refractivity contribution in [3.05, 3.63) is 34.9 Å². The zero-order valence-corrected chi connectivity index (χ0v) is 14.5. The van der Waals surface area contributed by atoms with E-state index in [2.05, 4.69) is 10.9 Å². The first-order valence-corrected chi connectivity index (χ1v) is 8.66. The molecule has 0 spiro atoms. The van der Waals surface area contributed by atoms with Crippen molar-refractivity contribution in [3.8, 4) is 0 Å². The third-order valence-electron chi connectivity index (χ3n) is 4.71. The molecule has 0 aliphatic heterocycles. The van der Waals surface area contributed by atoms with E-state index in [0.29, 0.717) is 5.56 Å². The summed E-state index contributed by atoms with van der Waals surface area (Å²) in [7, 11) is 0. The Balaban J connectivity index is 1.73. The van der Waals surface area contributed by atoms with Crippen LogP contribution in [0.5, 0.6) is 0 Å². The van der Waals surface area contributed by atoms with Crippen molar-refractivity contribution in [1.82, 2.24) is 10.9 Å². The number of benzene rings is 1.